The first-order valence-electron chi connectivity index (χ1n) is 10.7. The second-order valence-electron chi connectivity index (χ2n) is 7.63. The van der Waals surface area contributed by atoms with Crippen LogP contribution in [0.15, 0.2) is 96.0 Å². The molecule has 0 atom stereocenters. The molecule has 0 spiro atoms. The first-order chi connectivity index (χ1) is 17.5. The van der Waals surface area contributed by atoms with Crippen molar-refractivity contribution >= 4 is 44.8 Å². The summed E-state index contributed by atoms with van der Waals surface area (Å²) in [5.74, 6) is 0.243. The van der Waals surface area contributed by atoms with Gasteiger partial charge in [-0.2, -0.15) is 0 Å². The van der Waals surface area contributed by atoms with Crippen LogP contribution in [0.5, 0.6) is 11.5 Å². The van der Waals surface area contributed by atoms with Crippen LogP contribution < -0.4 is 4.74 Å². The Morgan fingerprint density at radius 3 is 2.42 bits per heavy atom. The number of rotatable bonds is 7. The van der Waals surface area contributed by atoms with Gasteiger partial charge in [-0.05, 0) is 60.2 Å². The fraction of sp³-hybridized carbons (Fsp3) is 0. The van der Waals surface area contributed by atoms with Crippen molar-refractivity contribution in [2.24, 2.45) is 4.99 Å². The van der Waals surface area contributed by atoms with E-state index in [1.54, 1.807) is 35.8 Å². The van der Waals surface area contributed by atoms with Crippen molar-refractivity contribution in [3.05, 3.63) is 117 Å². The normalized spacial score (nSPS) is 11.1. The number of ether oxygens (including phenoxy) is 1. The second-order valence-corrected chi connectivity index (χ2v) is 8.66. The molecule has 36 heavy (non-hydrogen) atoms. The number of nitrogens with zero attached hydrogens (tertiary/aromatic N) is 4. The Bertz CT molecular complexity index is 1600. The molecule has 0 fully saturated rings. The SMILES string of the molecule is O=[N+]([O-])c1ccc(Oc2cccc(C=Nc3ccc(-c4nc5ccccc5s4)cc3)c2)c([N+](=O)[O-])c1. The lowest BCUT2D eigenvalue weighted by Crippen LogP contribution is -1.96. The minimum atomic E-state index is -0.717. The van der Waals surface area contributed by atoms with Crippen LogP contribution in [0, 0.1) is 20.2 Å². The molecule has 5 rings (SSSR count). The van der Waals surface area contributed by atoms with Crippen molar-refractivity contribution in [2.45, 2.75) is 0 Å². The number of hydrogen-bond donors (Lipinski definition) is 0. The van der Waals surface area contributed by atoms with Gasteiger partial charge in [0.25, 0.3) is 5.69 Å². The Labute approximate surface area is 208 Å². The van der Waals surface area contributed by atoms with Gasteiger partial charge in [0.15, 0.2) is 0 Å². The number of non-ortho nitro benzene ring substituents is 1. The largest absolute Gasteiger partial charge is 0.450 e. The van der Waals surface area contributed by atoms with Gasteiger partial charge in [-0.1, -0.05) is 24.3 Å². The lowest BCUT2D eigenvalue weighted by Gasteiger charge is -2.07. The van der Waals surface area contributed by atoms with Crippen LogP contribution in [0.3, 0.4) is 0 Å². The Morgan fingerprint density at radius 2 is 1.67 bits per heavy atom. The van der Waals surface area contributed by atoms with E-state index in [0.717, 1.165) is 38.6 Å². The van der Waals surface area contributed by atoms with Gasteiger partial charge in [0.1, 0.15) is 10.8 Å². The molecule has 5 aromatic rings. The average molecular weight is 497 g/mol. The Kier molecular flexibility index (Phi) is 6.16. The van der Waals surface area contributed by atoms with Gasteiger partial charge in [-0.3, -0.25) is 25.2 Å². The molecule has 0 aliphatic carbocycles. The molecule has 4 aromatic carbocycles. The van der Waals surface area contributed by atoms with E-state index in [4.69, 9.17) is 4.74 Å². The van der Waals surface area contributed by atoms with E-state index >= 15 is 0 Å². The number of para-hydroxylation sites is 1. The number of nitro benzene ring substituents is 2. The number of hydrogen-bond acceptors (Lipinski definition) is 8. The molecule has 0 radical (unpaired) electrons. The molecule has 0 bridgehead atoms. The van der Waals surface area contributed by atoms with Gasteiger partial charge in [0, 0.05) is 17.8 Å². The molecule has 0 saturated heterocycles. The summed E-state index contributed by atoms with van der Waals surface area (Å²) in [4.78, 5) is 30.0. The van der Waals surface area contributed by atoms with Crippen LogP contribution in [0.4, 0.5) is 17.1 Å². The van der Waals surface area contributed by atoms with Crippen LogP contribution in [0.2, 0.25) is 0 Å². The number of thiazole rings is 1. The standard InChI is InChI=1S/C26H16N4O5S/c31-29(32)20-12-13-24(23(15-20)30(33)34)35-21-5-3-4-17(14-21)16-27-19-10-8-18(9-11-19)26-28-22-6-1-2-7-25(22)36-26/h1-16H. The molecule has 1 heterocycles. The third kappa shape index (κ3) is 4.93. The maximum absolute atomic E-state index is 11.4. The van der Waals surface area contributed by atoms with Crippen molar-refractivity contribution in [2.75, 3.05) is 0 Å². The fourth-order valence-corrected chi connectivity index (χ4v) is 4.44. The van der Waals surface area contributed by atoms with Crippen LogP contribution in [0.25, 0.3) is 20.8 Å². The number of aliphatic imine (C=N–C) groups is 1. The quantitative estimate of drug-likeness (QED) is 0.132. The maximum atomic E-state index is 11.4. The van der Waals surface area contributed by atoms with Crippen molar-refractivity contribution in [1.29, 1.82) is 0 Å². The van der Waals surface area contributed by atoms with Crippen LogP contribution >= 0.6 is 11.3 Å². The summed E-state index contributed by atoms with van der Waals surface area (Å²) in [5, 5.41) is 23.2. The summed E-state index contributed by atoms with van der Waals surface area (Å²) in [6.45, 7) is 0. The van der Waals surface area contributed by atoms with Crippen molar-refractivity contribution in [3.8, 4) is 22.1 Å². The zero-order valence-electron chi connectivity index (χ0n) is 18.5. The van der Waals surface area contributed by atoms with E-state index in [1.165, 1.54) is 6.07 Å². The maximum Gasteiger partial charge on any atom is 0.318 e. The molecule has 0 aliphatic heterocycles. The predicted molar refractivity (Wildman–Crippen MR) is 139 cm³/mol. The average Bonchev–Trinajstić information content (AvgIpc) is 3.32. The highest BCUT2D eigenvalue weighted by atomic mass is 32.1. The number of nitro groups is 2. The highest BCUT2D eigenvalue weighted by molar-refractivity contribution is 7.21. The summed E-state index contributed by atoms with van der Waals surface area (Å²) >= 11 is 1.63. The molecule has 0 unspecified atom stereocenters. The first-order valence-corrected chi connectivity index (χ1v) is 11.5. The Hall–Kier alpha value is -4.96. The third-order valence-electron chi connectivity index (χ3n) is 5.21. The van der Waals surface area contributed by atoms with Crippen molar-refractivity contribution in [1.82, 2.24) is 4.98 Å². The lowest BCUT2D eigenvalue weighted by molar-refractivity contribution is -0.394. The number of benzene rings is 4. The molecular weight excluding hydrogens is 480 g/mol. The lowest BCUT2D eigenvalue weighted by atomic mass is 10.2. The van der Waals surface area contributed by atoms with Crippen LogP contribution in [0.1, 0.15) is 5.56 Å². The molecule has 1 aromatic heterocycles. The van der Waals surface area contributed by atoms with Crippen LogP contribution in [-0.4, -0.2) is 21.0 Å². The van der Waals surface area contributed by atoms with Crippen LogP contribution in [-0.2, 0) is 0 Å². The van der Waals surface area contributed by atoms with E-state index in [2.05, 4.69) is 9.98 Å². The molecule has 176 valence electrons. The zero-order chi connectivity index (χ0) is 25.1. The van der Waals surface area contributed by atoms with E-state index in [9.17, 15) is 20.2 Å². The van der Waals surface area contributed by atoms with Crippen molar-refractivity contribution in [3.63, 3.8) is 0 Å². The monoisotopic (exact) mass is 496 g/mol. The minimum Gasteiger partial charge on any atom is -0.450 e. The van der Waals surface area contributed by atoms with Gasteiger partial charge in [-0.15, -0.1) is 11.3 Å². The molecule has 0 N–H and O–H groups in total. The van der Waals surface area contributed by atoms with E-state index in [0.29, 0.717) is 11.3 Å². The van der Waals surface area contributed by atoms with Gasteiger partial charge in [0.05, 0.1) is 31.8 Å². The first kappa shape index (κ1) is 22.8. The van der Waals surface area contributed by atoms with E-state index < -0.39 is 15.5 Å². The molecule has 10 heteroatoms. The highest BCUT2D eigenvalue weighted by Gasteiger charge is 2.21. The molecule has 0 amide bonds. The zero-order valence-corrected chi connectivity index (χ0v) is 19.3. The fourth-order valence-electron chi connectivity index (χ4n) is 3.47. The summed E-state index contributed by atoms with van der Waals surface area (Å²) in [5.41, 5.74) is 2.57. The smallest absolute Gasteiger partial charge is 0.318 e. The molecule has 0 saturated carbocycles. The Morgan fingerprint density at radius 1 is 0.861 bits per heavy atom. The second kappa shape index (κ2) is 9.72. The number of fused-ring (bicyclic) bond motifs is 1. The van der Waals surface area contributed by atoms with Gasteiger partial charge < -0.3 is 4.74 Å². The summed E-state index contributed by atoms with van der Waals surface area (Å²) in [6.07, 6.45) is 1.66. The summed E-state index contributed by atoms with van der Waals surface area (Å²) in [6, 6.07) is 25.8. The topological polar surface area (TPSA) is 121 Å². The Balaban J connectivity index is 1.32. The van der Waals surface area contributed by atoms with Gasteiger partial charge in [0.2, 0.25) is 5.75 Å². The minimum absolute atomic E-state index is 0.0925. The molecular formula is C26H16N4O5S. The van der Waals surface area contributed by atoms with Crippen molar-refractivity contribution < 1.29 is 14.6 Å². The third-order valence-corrected chi connectivity index (χ3v) is 6.29. The van der Waals surface area contributed by atoms with E-state index in [1.807, 2.05) is 54.6 Å². The summed E-state index contributed by atoms with van der Waals surface area (Å²) < 4.78 is 6.79. The molecule has 0 aliphatic rings. The highest BCUT2D eigenvalue weighted by Crippen LogP contribution is 2.35. The predicted octanol–water partition coefficient (Wildman–Crippen LogP) is 7.32. The number of aromatic nitrogens is 1. The molecule has 9 nitrogen and oxygen atoms in total. The summed E-state index contributed by atoms with van der Waals surface area (Å²) in [7, 11) is 0. The van der Waals surface area contributed by atoms with Gasteiger partial charge >= 0.3 is 5.69 Å². The van der Waals surface area contributed by atoms with E-state index in [-0.39, 0.29) is 11.4 Å². The van der Waals surface area contributed by atoms with Gasteiger partial charge in [-0.25, -0.2) is 4.98 Å².